The first-order valence-electron chi connectivity index (χ1n) is 9.63. The van der Waals surface area contributed by atoms with Gasteiger partial charge in [-0.2, -0.15) is 0 Å². The maximum atomic E-state index is 14.4. The quantitative estimate of drug-likeness (QED) is 0.785. The molecule has 2 aliphatic rings. The number of amides is 2. The van der Waals surface area contributed by atoms with Gasteiger partial charge in [0.25, 0.3) is 0 Å². The molecule has 1 saturated carbocycles. The molecule has 4 rings (SSSR count). The van der Waals surface area contributed by atoms with Crippen LogP contribution in [0.5, 0.6) is 0 Å². The van der Waals surface area contributed by atoms with Gasteiger partial charge >= 0.3 is 0 Å². The normalized spacial score (nSPS) is 20.0. The number of aryl methyl sites for hydroxylation is 1. The summed E-state index contributed by atoms with van der Waals surface area (Å²) in [6.45, 7) is 1.88. The molecule has 2 amide bonds. The molecule has 0 bridgehead atoms. The number of anilines is 2. The van der Waals surface area contributed by atoms with Gasteiger partial charge in [0.2, 0.25) is 11.8 Å². The number of carbonyl (C=O) groups is 2. The van der Waals surface area contributed by atoms with Crippen LogP contribution in [-0.4, -0.2) is 17.6 Å². The van der Waals surface area contributed by atoms with Crippen LogP contribution in [0, 0.1) is 18.7 Å². The molecule has 4 nitrogen and oxygen atoms in total. The third-order valence-corrected chi connectivity index (χ3v) is 6.61. The fraction of sp³-hybridized carbons (Fsp3) is 0.364. The summed E-state index contributed by atoms with van der Waals surface area (Å²) >= 11 is 1.47. The Morgan fingerprint density at radius 1 is 1.18 bits per heavy atom. The van der Waals surface area contributed by atoms with Gasteiger partial charge in [-0.25, -0.2) is 4.39 Å². The highest BCUT2D eigenvalue weighted by atomic mass is 32.2. The maximum Gasteiger partial charge on any atom is 0.238 e. The summed E-state index contributed by atoms with van der Waals surface area (Å²) in [7, 11) is 0. The highest BCUT2D eigenvalue weighted by Crippen LogP contribution is 2.43. The van der Waals surface area contributed by atoms with E-state index in [2.05, 4.69) is 5.32 Å². The lowest BCUT2D eigenvalue weighted by molar-refractivity contribution is -0.119. The van der Waals surface area contributed by atoms with Gasteiger partial charge in [-0.15, -0.1) is 11.8 Å². The average Bonchev–Trinajstić information content (AvgIpc) is 3.34. The van der Waals surface area contributed by atoms with Crippen molar-refractivity contribution in [3.05, 3.63) is 59.4 Å². The Bertz CT molecular complexity index is 911. The van der Waals surface area contributed by atoms with Gasteiger partial charge in [0.1, 0.15) is 11.2 Å². The number of nitrogens with one attached hydrogen (secondary N) is 1. The third kappa shape index (κ3) is 3.78. The van der Waals surface area contributed by atoms with Gasteiger partial charge in [0.05, 0.1) is 11.4 Å². The molecule has 2 fully saturated rings. The van der Waals surface area contributed by atoms with Crippen molar-refractivity contribution in [2.45, 2.75) is 38.0 Å². The van der Waals surface area contributed by atoms with Crippen molar-refractivity contribution in [2.75, 3.05) is 16.0 Å². The standard InChI is InChI=1S/C22H23FN2O2S/c1-14-9-10-18(23)19(11-14)25-20(26)13-28-22(25)16-7-4-8-17(12-16)24-21(27)15-5-2-3-6-15/h4,7-12,15,22H,2-3,5-6,13H2,1H3,(H,24,27)/t22-/m0/s1. The zero-order valence-electron chi connectivity index (χ0n) is 15.8. The Kier molecular flexibility index (Phi) is 5.40. The molecule has 0 aromatic heterocycles. The summed E-state index contributed by atoms with van der Waals surface area (Å²) in [6, 6.07) is 12.3. The van der Waals surface area contributed by atoms with Crippen molar-refractivity contribution in [3.8, 4) is 0 Å². The minimum Gasteiger partial charge on any atom is -0.326 e. The minimum atomic E-state index is -0.405. The van der Waals surface area contributed by atoms with E-state index < -0.39 is 5.82 Å². The molecular formula is C22H23FN2O2S. The molecule has 0 spiro atoms. The number of nitrogens with zero attached hydrogens (tertiary/aromatic N) is 1. The number of carbonyl (C=O) groups excluding carboxylic acids is 2. The first kappa shape index (κ1) is 19.0. The molecule has 1 saturated heterocycles. The number of hydrogen-bond donors (Lipinski definition) is 1. The molecule has 1 N–H and O–H groups in total. The molecule has 2 aromatic carbocycles. The van der Waals surface area contributed by atoms with Crippen LogP contribution in [-0.2, 0) is 9.59 Å². The SMILES string of the molecule is Cc1ccc(F)c(N2C(=O)CS[C@H]2c2cccc(NC(=O)C3CCCC3)c2)c1. The van der Waals surface area contributed by atoms with E-state index in [0.717, 1.165) is 42.5 Å². The van der Waals surface area contributed by atoms with Crippen molar-refractivity contribution in [1.82, 2.24) is 0 Å². The van der Waals surface area contributed by atoms with E-state index in [1.165, 1.54) is 22.7 Å². The lowest BCUT2D eigenvalue weighted by Gasteiger charge is -2.25. The summed E-state index contributed by atoms with van der Waals surface area (Å²) in [5, 5.41) is 2.70. The van der Waals surface area contributed by atoms with Crippen LogP contribution in [0.2, 0.25) is 0 Å². The zero-order valence-corrected chi connectivity index (χ0v) is 16.6. The Morgan fingerprint density at radius 2 is 1.96 bits per heavy atom. The van der Waals surface area contributed by atoms with Crippen molar-refractivity contribution >= 4 is 35.0 Å². The van der Waals surface area contributed by atoms with Crippen molar-refractivity contribution in [2.24, 2.45) is 5.92 Å². The van der Waals surface area contributed by atoms with Crippen molar-refractivity contribution in [1.29, 1.82) is 0 Å². The molecule has 1 aliphatic carbocycles. The third-order valence-electron chi connectivity index (χ3n) is 5.39. The van der Waals surface area contributed by atoms with Gasteiger partial charge < -0.3 is 5.32 Å². The lowest BCUT2D eigenvalue weighted by Crippen LogP contribution is -2.29. The Labute approximate surface area is 168 Å². The molecule has 146 valence electrons. The summed E-state index contributed by atoms with van der Waals surface area (Å²) in [5.41, 5.74) is 2.80. The average molecular weight is 399 g/mol. The Hall–Kier alpha value is -2.34. The second kappa shape index (κ2) is 7.95. The number of thioether (sulfide) groups is 1. The van der Waals surface area contributed by atoms with Gasteiger partial charge in [-0.1, -0.05) is 31.0 Å². The molecular weight excluding hydrogens is 375 g/mol. The highest BCUT2D eigenvalue weighted by molar-refractivity contribution is 8.00. The molecule has 28 heavy (non-hydrogen) atoms. The largest absolute Gasteiger partial charge is 0.326 e. The predicted octanol–water partition coefficient (Wildman–Crippen LogP) is 5.04. The summed E-state index contributed by atoms with van der Waals surface area (Å²) in [4.78, 5) is 26.5. The second-order valence-electron chi connectivity index (χ2n) is 7.48. The summed E-state index contributed by atoms with van der Waals surface area (Å²) < 4.78 is 14.4. The highest BCUT2D eigenvalue weighted by Gasteiger charge is 2.35. The fourth-order valence-electron chi connectivity index (χ4n) is 3.94. The van der Waals surface area contributed by atoms with Crippen molar-refractivity contribution < 1.29 is 14.0 Å². The van der Waals surface area contributed by atoms with E-state index in [9.17, 15) is 14.0 Å². The molecule has 2 aromatic rings. The molecule has 6 heteroatoms. The first-order chi connectivity index (χ1) is 13.5. The topological polar surface area (TPSA) is 49.4 Å². The smallest absolute Gasteiger partial charge is 0.238 e. The van der Waals surface area contributed by atoms with Crippen LogP contribution in [0.15, 0.2) is 42.5 Å². The molecule has 0 unspecified atom stereocenters. The molecule has 1 atom stereocenters. The van der Waals surface area contributed by atoms with Gasteiger partial charge in [-0.3, -0.25) is 14.5 Å². The lowest BCUT2D eigenvalue weighted by atomic mass is 10.1. The molecule has 0 radical (unpaired) electrons. The van der Waals surface area contributed by atoms with Gasteiger partial charge in [-0.05, 0) is 55.2 Å². The van der Waals surface area contributed by atoms with Crippen LogP contribution in [0.25, 0.3) is 0 Å². The van der Waals surface area contributed by atoms with Gasteiger partial charge in [0.15, 0.2) is 0 Å². The predicted molar refractivity (Wildman–Crippen MR) is 111 cm³/mol. The van der Waals surface area contributed by atoms with E-state index in [4.69, 9.17) is 0 Å². The molecule has 1 heterocycles. The van der Waals surface area contributed by atoms with Crippen LogP contribution < -0.4 is 10.2 Å². The van der Waals surface area contributed by atoms with Crippen LogP contribution in [0.1, 0.15) is 42.2 Å². The summed E-state index contributed by atoms with van der Waals surface area (Å²) in [6.07, 6.45) is 4.10. The number of benzene rings is 2. The van der Waals surface area contributed by atoms with E-state index >= 15 is 0 Å². The maximum absolute atomic E-state index is 14.4. The summed E-state index contributed by atoms with van der Waals surface area (Å²) in [5.74, 6) is -0.0659. The van der Waals surface area contributed by atoms with E-state index in [1.807, 2.05) is 31.2 Å². The van der Waals surface area contributed by atoms with E-state index in [0.29, 0.717) is 11.4 Å². The van der Waals surface area contributed by atoms with Crippen LogP contribution in [0.3, 0.4) is 0 Å². The monoisotopic (exact) mass is 398 g/mol. The Balaban J connectivity index is 1.59. The van der Waals surface area contributed by atoms with Gasteiger partial charge in [0, 0.05) is 11.6 Å². The van der Waals surface area contributed by atoms with Crippen LogP contribution >= 0.6 is 11.8 Å². The number of halogens is 1. The fourth-order valence-corrected chi connectivity index (χ4v) is 5.10. The number of rotatable bonds is 4. The van der Waals surface area contributed by atoms with Crippen molar-refractivity contribution in [3.63, 3.8) is 0 Å². The Morgan fingerprint density at radius 3 is 2.75 bits per heavy atom. The second-order valence-corrected chi connectivity index (χ2v) is 8.55. The first-order valence-corrected chi connectivity index (χ1v) is 10.7. The minimum absolute atomic E-state index is 0.0615. The van der Waals surface area contributed by atoms with E-state index in [1.54, 1.807) is 12.1 Å². The van der Waals surface area contributed by atoms with Crippen LogP contribution in [0.4, 0.5) is 15.8 Å². The van der Waals surface area contributed by atoms with E-state index in [-0.39, 0.29) is 23.1 Å². The number of hydrogen-bond acceptors (Lipinski definition) is 3. The molecule has 1 aliphatic heterocycles. The zero-order chi connectivity index (χ0) is 19.7.